The van der Waals surface area contributed by atoms with Crippen molar-refractivity contribution in [2.75, 3.05) is 26.2 Å². The maximum Gasteiger partial charge on any atom is 0.265 e. The molecule has 0 saturated carbocycles. The summed E-state index contributed by atoms with van der Waals surface area (Å²) < 4.78 is 0. The van der Waals surface area contributed by atoms with Crippen LogP contribution in [0.15, 0.2) is 17.9 Å². The lowest BCUT2D eigenvalue weighted by Gasteiger charge is -2.39. The van der Waals surface area contributed by atoms with E-state index < -0.39 is 0 Å². The zero-order valence-corrected chi connectivity index (χ0v) is 13.1. The first-order valence-electron chi connectivity index (χ1n) is 7.13. The Morgan fingerprint density at radius 1 is 1.48 bits per heavy atom. The van der Waals surface area contributed by atoms with Gasteiger partial charge in [0.25, 0.3) is 5.91 Å². The number of piperazine rings is 1. The first kappa shape index (κ1) is 14.2. The lowest BCUT2D eigenvalue weighted by Crippen LogP contribution is -2.50. The van der Waals surface area contributed by atoms with Crippen molar-refractivity contribution in [1.29, 1.82) is 0 Å². The molecule has 1 fully saturated rings. The molecule has 6 nitrogen and oxygen atoms in total. The quantitative estimate of drug-likeness (QED) is 0.937. The lowest BCUT2D eigenvalue weighted by atomic mass is 10.1. The number of aromatic nitrogens is 3. The summed E-state index contributed by atoms with van der Waals surface area (Å²) in [5.41, 5.74) is 2.55. The molecule has 1 N–H and O–H groups in total. The normalized spacial score (nSPS) is 19.9. The molecule has 7 heteroatoms. The minimum Gasteiger partial charge on any atom is -0.347 e. The van der Waals surface area contributed by atoms with Crippen LogP contribution in [0, 0.1) is 6.92 Å². The molecule has 21 heavy (non-hydrogen) atoms. The molecule has 2 aromatic rings. The predicted molar refractivity (Wildman–Crippen MR) is 81.3 cm³/mol. The Balaban J connectivity index is 1.80. The average Bonchev–Trinajstić information content (AvgIpc) is 3.17. The first-order valence-corrected chi connectivity index (χ1v) is 8.01. The molecule has 1 saturated heterocycles. The summed E-state index contributed by atoms with van der Waals surface area (Å²) in [7, 11) is 0. The summed E-state index contributed by atoms with van der Waals surface area (Å²) in [5.74, 6) is 1.01. The van der Waals surface area contributed by atoms with E-state index in [4.69, 9.17) is 0 Å². The van der Waals surface area contributed by atoms with Crippen LogP contribution in [0.2, 0.25) is 0 Å². The van der Waals surface area contributed by atoms with Crippen LogP contribution >= 0.6 is 11.3 Å². The van der Waals surface area contributed by atoms with E-state index in [1.54, 1.807) is 11.7 Å². The highest BCUT2D eigenvalue weighted by molar-refractivity contribution is 7.11. The number of likely N-dealkylation sites (N-methyl/N-ethyl adjacent to an activating group) is 1. The minimum atomic E-state index is 0.0855. The number of hydrogen-bond acceptors (Lipinski definition) is 5. The summed E-state index contributed by atoms with van der Waals surface area (Å²) in [6, 6.07) is 0.135. The van der Waals surface area contributed by atoms with Gasteiger partial charge >= 0.3 is 0 Å². The highest BCUT2D eigenvalue weighted by atomic mass is 32.1. The van der Waals surface area contributed by atoms with Crippen LogP contribution in [0.1, 0.15) is 34.2 Å². The van der Waals surface area contributed by atoms with Gasteiger partial charge in [-0.1, -0.05) is 6.92 Å². The fraction of sp³-hybridized carbons (Fsp3) is 0.500. The van der Waals surface area contributed by atoms with E-state index in [1.807, 2.05) is 18.0 Å². The number of nitrogens with zero attached hydrogens (tertiary/aromatic N) is 4. The van der Waals surface area contributed by atoms with Gasteiger partial charge in [0, 0.05) is 32.0 Å². The highest BCUT2D eigenvalue weighted by Crippen LogP contribution is 2.25. The Morgan fingerprint density at radius 2 is 2.33 bits per heavy atom. The molecule has 0 radical (unpaired) electrons. The maximum absolute atomic E-state index is 12.6. The zero-order valence-electron chi connectivity index (χ0n) is 12.2. The molecule has 0 bridgehead atoms. The van der Waals surface area contributed by atoms with Crippen molar-refractivity contribution in [1.82, 2.24) is 24.8 Å². The number of aryl methyl sites for hydroxylation is 1. The third-order valence-electron chi connectivity index (χ3n) is 3.96. The molecule has 0 aliphatic carbocycles. The highest BCUT2D eigenvalue weighted by Gasteiger charge is 2.32. The van der Waals surface area contributed by atoms with Crippen LogP contribution < -0.4 is 0 Å². The molecule has 1 atom stereocenters. The van der Waals surface area contributed by atoms with Crippen molar-refractivity contribution < 1.29 is 4.79 Å². The number of hydrogen-bond donors (Lipinski definition) is 1. The third kappa shape index (κ3) is 2.71. The van der Waals surface area contributed by atoms with Crippen molar-refractivity contribution in [3.63, 3.8) is 0 Å². The molecule has 2 aromatic heterocycles. The number of carbonyl (C=O) groups excluding carboxylic acids is 1. The fourth-order valence-electron chi connectivity index (χ4n) is 2.75. The van der Waals surface area contributed by atoms with Crippen molar-refractivity contribution in [2.24, 2.45) is 0 Å². The number of amides is 1. The number of rotatable bonds is 3. The topological polar surface area (TPSA) is 65.1 Å². The van der Waals surface area contributed by atoms with Gasteiger partial charge in [-0.2, -0.15) is 0 Å². The van der Waals surface area contributed by atoms with Crippen LogP contribution in [0.25, 0.3) is 0 Å². The average molecular weight is 305 g/mol. The summed E-state index contributed by atoms with van der Waals surface area (Å²) in [5, 5.41) is 0. The summed E-state index contributed by atoms with van der Waals surface area (Å²) in [4.78, 5) is 29.4. The van der Waals surface area contributed by atoms with Crippen LogP contribution in [-0.2, 0) is 0 Å². The monoisotopic (exact) mass is 305 g/mol. The van der Waals surface area contributed by atoms with Gasteiger partial charge in [0.1, 0.15) is 10.7 Å². The van der Waals surface area contributed by atoms with Gasteiger partial charge < -0.3 is 9.88 Å². The summed E-state index contributed by atoms with van der Waals surface area (Å²) in [6.45, 7) is 7.26. The Hall–Kier alpha value is -1.73. The zero-order chi connectivity index (χ0) is 14.8. The van der Waals surface area contributed by atoms with E-state index in [0.29, 0.717) is 6.54 Å². The second-order valence-electron chi connectivity index (χ2n) is 5.14. The fourth-order valence-corrected chi connectivity index (χ4v) is 3.52. The molecule has 1 amide bonds. The van der Waals surface area contributed by atoms with Crippen molar-refractivity contribution in [3.8, 4) is 0 Å². The van der Waals surface area contributed by atoms with E-state index in [2.05, 4.69) is 26.8 Å². The van der Waals surface area contributed by atoms with Crippen molar-refractivity contribution in [3.05, 3.63) is 34.3 Å². The predicted octanol–water partition coefficient (Wildman–Crippen LogP) is 1.69. The van der Waals surface area contributed by atoms with Crippen LogP contribution in [0.5, 0.6) is 0 Å². The number of nitrogens with one attached hydrogen (secondary N) is 1. The lowest BCUT2D eigenvalue weighted by molar-refractivity contribution is 0.0483. The Labute approximate surface area is 127 Å². The molecule has 1 aliphatic heterocycles. The van der Waals surface area contributed by atoms with E-state index in [-0.39, 0.29) is 11.9 Å². The largest absolute Gasteiger partial charge is 0.347 e. The van der Waals surface area contributed by atoms with Gasteiger partial charge in [0.15, 0.2) is 0 Å². The first-order chi connectivity index (χ1) is 10.2. The van der Waals surface area contributed by atoms with Crippen LogP contribution in [-0.4, -0.2) is 56.8 Å². The van der Waals surface area contributed by atoms with Crippen LogP contribution in [0.4, 0.5) is 0 Å². The van der Waals surface area contributed by atoms with E-state index in [1.165, 1.54) is 11.3 Å². The molecule has 1 unspecified atom stereocenters. The number of imidazole rings is 1. The van der Waals surface area contributed by atoms with Gasteiger partial charge in [0.2, 0.25) is 0 Å². The Morgan fingerprint density at radius 3 is 2.95 bits per heavy atom. The maximum atomic E-state index is 12.6. The molecular formula is C14H19N5OS. The molecule has 0 aromatic carbocycles. The smallest absolute Gasteiger partial charge is 0.265 e. The van der Waals surface area contributed by atoms with Crippen molar-refractivity contribution in [2.45, 2.75) is 19.9 Å². The molecular weight excluding hydrogens is 286 g/mol. The summed E-state index contributed by atoms with van der Waals surface area (Å²) in [6.07, 6.45) is 3.59. The number of H-pyrrole nitrogens is 1. The summed E-state index contributed by atoms with van der Waals surface area (Å²) >= 11 is 1.42. The molecule has 1 aliphatic rings. The SMILES string of the molecule is CCN1CCN(C(=O)c2scnc2C)CC1c1ncc[nH]1. The molecule has 3 rings (SSSR count). The van der Waals surface area contributed by atoms with Gasteiger partial charge in [-0.3, -0.25) is 9.69 Å². The standard InChI is InChI=1S/C14H19N5OS/c1-3-18-6-7-19(8-11(18)13-15-4-5-16-13)14(20)12-10(2)17-9-21-12/h4-5,9,11H,3,6-8H2,1-2H3,(H,15,16). The van der Waals surface area contributed by atoms with E-state index in [0.717, 1.165) is 36.0 Å². The van der Waals surface area contributed by atoms with Crippen molar-refractivity contribution >= 4 is 17.2 Å². The van der Waals surface area contributed by atoms with E-state index in [9.17, 15) is 4.79 Å². The van der Waals surface area contributed by atoms with Crippen LogP contribution in [0.3, 0.4) is 0 Å². The Kier molecular flexibility index (Phi) is 4.03. The van der Waals surface area contributed by atoms with Gasteiger partial charge in [-0.05, 0) is 13.5 Å². The van der Waals surface area contributed by atoms with Gasteiger partial charge in [0.05, 0.1) is 17.2 Å². The Bertz CT molecular complexity index is 609. The molecule has 0 spiro atoms. The second-order valence-corrected chi connectivity index (χ2v) is 5.99. The van der Waals surface area contributed by atoms with E-state index >= 15 is 0 Å². The van der Waals surface area contributed by atoms with Gasteiger partial charge in [-0.25, -0.2) is 9.97 Å². The minimum absolute atomic E-state index is 0.0855. The number of carbonyl (C=O) groups is 1. The number of thiazole rings is 1. The molecule has 3 heterocycles. The second kappa shape index (κ2) is 5.95. The third-order valence-corrected chi connectivity index (χ3v) is 4.88. The number of aromatic amines is 1. The van der Waals surface area contributed by atoms with Gasteiger partial charge in [-0.15, -0.1) is 11.3 Å². The molecule has 112 valence electrons.